The highest BCUT2D eigenvalue weighted by molar-refractivity contribution is 6.03. The maximum absolute atomic E-state index is 13.4. The van der Waals surface area contributed by atoms with Crippen LogP contribution in [0.25, 0.3) is 0 Å². The van der Waals surface area contributed by atoms with Crippen molar-refractivity contribution in [2.45, 2.75) is 52.0 Å². The Morgan fingerprint density at radius 3 is 2.71 bits per heavy atom. The SMILES string of the molecule is CCCCCNC(=O)c1nc(C(=O)Nc2ccc(F)c(F)c2)n2c1CCCC2. The molecule has 0 radical (unpaired) electrons. The molecule has 1 aliphatic heterocycles. The first-order valence-electron chi connectivity index (χ1n) is 9.65. The number of imidazole rings is 1. The van der Waals surface area contributed by atoms with E-state index < -0.39 is 17.5 Å². The quantitative estimate of drug-likeness (QED) is 0.709. The van der Waals surface area contributed by atoms with E-state index in [-0.39, 0.29) is 23.1 Å². The fourth-order valence-corrected chi connectivity index (χ4v) is 3.32. The van der Waals surface area contributed by atoms with E-state index in [9.17, 15) is 18.4 Å². The number of nitrogens with zero attached hydrogens (tertiary/aromatic N) is 2. The number of rotatable bonds is 7. The summed E-state index contributed by atoms with van der Waals surface area (Å²) in [4.78, 5) is 29.5. The molecule has 0 unspecified atom stereocenters. The average Bonchev–Trinajstić information content (AvgIpc) is 3.08. The van der Waals surface area contributed by atoms with Crippen LogP contribution in [0.4, 0.5) is 14.5 Å². The zero-order chi connectivity index (χ0) is 20.1. The topological polar surface area (TPSA) is 76.0 Å². The third-order valence-corrected chi connectivity index (χ3v) is 4.78. The lowest BCUT2D eigenvalue weighted by Gasteiger charge is -2.17. The molecule has 8 heteroatoms. The molecule has 0 aliphatic carbocycles. The standard InChI is InChI=1S/C20H24F2N4O2/c1-2-3-5-10-23-19(27)17-16-7-4-6-11-26(16)18(25-17)20(28)24-13-8-9-14(21)15(22)12-13/h8-9,12H,2-7,10-11H2,1H3,(H,23,27)(H,24,28). The number of hydrogen-bond donors (Lipinski definition) is 2. The molecule has 28 heavy (non-hydrogen) atoms. The highest BCUT2D eigenvalue weighted by Gasteiger charge is 2.27. The summed E-state index contributed by atoms with van der Waals surface area (Å²) in [6.07, 6.45) is 5.46. The van der Waals surface area contributed by atoms with Crippen molar-refractivity contribution >= 4 is 17.5 Å². The molecule has 2 aromatic rings. The molecule has 0 fully saturated rings. The summed E-state index contributed by atoms with van der Waals surface area (Å²) in [5.41, 5.74) is 1.14. The lowest BCUT2D eigenvalue weighted by Crippen LogP contribution is -2.26. The third-order valence-electron chi connectivity index (χ3n) is 4.78. The molecule has 0 bridgehead atoms. The summed E-state index contributed by atoms with van der Waals surface area (Å²) in [6.45, 7) is 3.24. The maximum Gasteiger partial charge on any atom is 0.291 e. The summed E-state index contributed by atoms with van der Waals surface area (Å²) in [6, 6.07) is 3.13. The highest BCUT2D eigenvalue weighted by Crippen LogP contribution is 2.22. The Balaban J connectivity index is 1.80. The minimum absolute atomic E-state index is 0.109. The van der Waals surface area contributed by atoms with Gasteiger partial charge in [0.1, 0.15) is 5.69 Å². The number of aromatic nitrogens is 2. The summed E-state index contributed by atoms with van der Waals surface area (Å²) < 4.78 is 28.2. The molecule has 3 rings (SSSR count). The Bertz CT molecular complexity index is 879. The molecule has 0 spiro atoms. The van der Waals surface area contributed by atoms with Crippen molar-refractivity contribution in [1.82, 2.24) is 14.9 Å². The van der Waals surface area contributed by atoms with Crippen LogP contribution in [-0.2, 0) is 13.0 Å². The second-order valence-electron chi connectivity index (χ2n) is 6.89. The van der Waals surface area contributed by atoms with E-state index in [4.69, 9.17) is 0 Å². The molecule has 2 amide bonds. The Hall–Kier alpha value is -2.77. The van der Waals surface area contributed by atoms with Crippen LogP contribution in [0, 0.1) is 11.6 Å². The molecule has 1 aromatic heterocycles. The molecule has 2 N–H and O–H groups in total. The molecule has 0 atom stereocenters. The monoisotopic (exact) mass is 390 g/mol. The van der Waals surface area contributed by atoms with E-state index in [1.807, 2.05) is 0 Å². The van der Waals surface area contributed by atoms with Crippen LogP contribution in [0.15, 0.2) is 18.2 Å². The van der Waals surface area contributed by atoms with Crippen molar-refractivity contribution in [1.29, 1.82) is 0 Å². The number of anilines is 1. The number of carbonyl (C=O) groups excluding carboxylic acids is 2. The molecule has 0 saturated heterocycles. The number of unbranched alkanes of at least 4 members (excludes halogenated alkanes) is 2. The van der Waals surface area contributed by atoms with Crippen LogP contribution in [0.3, 0.4) is 0 Å². The van der Waals surface area contributed by atoms with Gasteiger partial charge in [0.15, 0.2) is 17.5 Å². The Morgan fingerprint density at radius 1 is 1.14 bits per heavy atom. The lowest BCUT2D eigenvalue weighted by atomic mass is 10.1. The van der Waals surface area contributed by atoms with E-state index in [1.54, 1.807) is 4.57 Å². The second kappa shape index (κ2) is 8.95. The van der Waals surface area contributed by atoms with Gasteiger partial charge in [0, 0.05) is 24.8 Å². The van der Waals surface area contributed by atoms with Gasteiger partial charge in [-0.05, 0) is 37.8 Å². The van der Waals surface area contributed by atoms with Gasteiger partial charge >= 0.3 is 0 Å². The smallest absolute Gasteiger partial charge is 0.291 e. The number of hydrogen-bond acceptors (Lipinski definition) is 3. The van der Waals surface area contributed by atoms with Crippen molar-refractivity contribution in [2.24, 2.45) is 0 Å². The van der Waals surface area contributed by atoms with Crippen LogP contribution in [0.5, 0.6) is 0 Å². The van der Waals surface area contributed by atoms with Crippen molar-refractivity contribution in [3.05, 3.63) is 47.0 Å². The van der Waals surface area contributed by atoms with Gasteiger partial charge in [-0.3, -0.25) is 9.59 Å². The Labute approximate surface area is 162 Å². The predicted molar refractivity (Wildman–Crippen MR) is 101 cm³/mol. The first-order valence-corrected chi connectivity index (χ1v) is 9.65. The van der Waals surface area contributed by atoms with Crippen molar-refractivity contribution < 1.29 is 18.4 Å². The van der Waals surface area contributed by atoms with Crippen LogP contribution < -0.4 is 10.6 Å². The van der Waals surface area contributed by atoms with E-state index in [1.165, 1.54) is 6.07 Å². The number of nitrogens with one attached hydrogen (secondary N) is 2. The van der Waals surface area contributed by atoms with E-state index in [0.29, 0.717) is 19.5 Å². The molecule has 6 nitrogen and oxygen atoms in total. The van der Waals surface area contributed by atoms with E-state index in [2.05, 4.69) is 22.5 Å². The molecule has 150 valence electrons. The van der Waals surface area contributed by atoms with Crippen LogP contribution in [0.2, 0.25) is 0 Å². The summed E-state index contributed by atoms with van der Waals surface area (Å²) in [5, 5.41) is 5.39. The minimum Gasteiger partial charge on any atom is -0.351 e. The largest absolute Gasteiger partial charge is 0.351 e. The van der Waals surface area contributed by atoms with Gasteiger partial charge in [-0.1, -0.05) is 19.8 Å². The Kier molecular flexibility index (Phi) is 6.38. The van der Waals surface area contributed by atoms with Gasteiger partial charge in [-0.2, -0.15) is 0 Å². The van der Waals surface area contributed by atoms with Crippen LogP contribution in [0.1, 0.15) is 65.8 Å². The Morgan fingerprint density at radius 2 is 1.96 bits per heavy atom. The first kappa shape index (κ1) is 20.0. The minimum atomic E-state index is -1.05. The first-order chi connectivity index (χ1) is 13.5. The number of halogens is 2. The number of benzene rings is 1. The highest BCUT2D eigenvalue weighted by atomic mass is 19.2. The summed E-state index contributed by atoms with van der Waals surface area (Å²) in [7, 11) is 0. The molecule has 0 saturated carbocycles. The molecular formula is C20H24F2N4O2. The normalized spacial score (nSPS) is 13.1. The van der Waals surface area contributed by atoms with Crippen molar-refractivity contribution in [2.75, 3.05) is 11.9 Å². The van der Waals surface area contributed by atoms with Gasteiger partial charge in [-0.25, -0.2) is 13.8 Å². The predicted octanol–water partition coefficient (Wildman–Crippen LogP) is 3.67. The van der Waals surface area contributed by atoms with Gasteiger partial charge in [0.2, 0.25) is 0 Å². The van der Waals surface area contributed by atoms with Crippen LogP contribution >= 0.6 is 0 Å². The molecule has 1 aromatic carbocycles. The van der Waals surface area contributed by atoms with Gasteiger partial charge in [0.05, 0.1) is 5.69 Å². The fraction of sp³-hybridized carbons (Fsp3) is 0.450. The summed E-state index contributed by atoms with van der Waals surface area (Å²) in [5.74, 6) is -2.76. The van der Waals surface area contributed by atoms with Crippen molar-refractivity contribution in [3.63, 3.8) is 0 Å². The zero-order valence-electron chi connectivity index (χ0n) is 15.9. The van der Waals surface area contributed by atoms with Gasteiger partial charge < -0.3 is 15.2 Å². The maximum atomic E-state index is 13.4. The average molecular weight is 390 g/mol. The molecule has 1 aliphatic rings. The van der Waals surface area contributed by atoms with Gasteiger partial charge in [-0.15, -0.1) is 0 Å². The zero-order valence-corrected chi connectivity index (χ0v) is 15.9. The van der Waals surface area contributed by atoms with Crippen LogP contribution in [-0.4, -0.2) is 27.9 Å². The summed E-state index contributed by atoms with van der Waals surface area (Å²) >= 11 is 0. The number of amides is 2. The van der Waals surface area contributed by atoms with E-state index in [0.717, 1.165) is 49.9 Å². The second-order valence-corrected chi connectivity index (χ2v) is 6.89. The fourth-order valence-electron chi connectivity index (χ4n) is 3.32. The van der Waals surface area contributed by atoms with E-state index >= 15 is 0 Å². The third kappa shape index (κ3) is 4.37. The lowest BCUT2D eigenvalue weighted by molar-refractivity contribution is 0.0947. The molecule has 2 heterocycles. The molecular weight excluding hydrogens is 366 g/mol. The number of fused-ring (bicyclic) bond motifs is 1. The van der Waals surface area contributed by atoms with Crippen molar-refractivity contribution in [3.8, 4) is 0 Å². The van der Waals surface area contributed by atoms with Gasteiger partial charge in [0.25, 0.3) is 11.8 Å². The number of carbonyl (C=O) groups is 2.